The van der Waals surface area contributed by atoms with Crippen molar-refractivity contribution in [1.82, 2.24) is 0 Å². The molecular weight excluding hydrogens is 471 g/mol. The second-order valence-corrected chi connectivity index (χ2v) is 4.85. The monoisotopic (exact) mass is 472 g/mol. The van der Waals surface area contributed by atoms with Crippen LogP contribution in [0.25, 0.3) is 0 Å². The van der Waals surface area contributed by atoms with Crippen molar-refractivity contribution < 1.29 is 82.0 Å². The van der Waals surface area contributed by atoms with E-state index in [1.54, 1.807) is 0 Å². The summed E-state index contributed by atoms with van der Waals surface area (Å²) in [6.07, 6.45) is -13.3. The molecule has 0 aliphatic heterocycles. The third-order valence-corrected chi connectivity index (χ3v) is 2.23. The Kier molecular flexibility index (Phi) is 7.56. The highest BCUT2D eigenvalue weighted by atomic mass is 32.3. The Morgan fingerprint density at radius 2 is 0.741 bits per heavy atom. The SMILES string of the molecule is FC(F)C(F)(F)C(F)(F)C(F)(F)C(F)(F)C(F)(F)C(F)(F)F.O=S(=O)(F)F. The first-order chi connectivity index (χ1) is 11.2. The predicted molar refractivity (Wildman–Crippen MR) is 47.9 cm³/mol. The normalized spacial score (nSPS) is 15.5. The highest BCUT2D eigenvalue weighted by molar-refractivity contribution is 7.81. The number of hydrogen-bond donors (Lipinski definition) is 0. The molecule has 20 heteroatoms. The Hall–Kier alpha value is -1.24. The highest BCUT2D eigenvalue weighted by Crippen LogP contribution is 2.60. The smallest absolute Gasteiger partial charge is 0.203 e. The van der Waals surface area contributed by atoms with Crippen molar-refractivity contribution in [2.24, 2.45) is 0 Å². The van der Waals surface area contributed by atoms with E-state index in [1.165, 1.54) is 0 Å². The largest absolute Gasteiger partial charge is 0.476 e. The fourth-order valence-corrected chi connectivity index (χ4v) is 0.919. The molecule has 27 heavy (non-hydrogen) atoms. The third kappa shape index (κ3) is 5.18. The Labute approximate surface area is 136 Å². The molecule has 0 bridgehead atoms. The van der Waals surface area contributed by atoms with Crippen molar-refractivity contribution in [1.29, 1.82) is 0 Å². The van der Waals surface area contributed by atoms with Crippen LogP contribution in [0.3, 0.4) is 0 Å². The van der Waals surface area contributed by atoms with E-state index in [1.807, 2.05) is 0 Å². The molecule has 0 aliphatic carbocycles. The summed E-state index contributed by atoms with van der Waals surface area (Å²) in [5, 5.41) is 0. The Morgan fingerprint density at radius 1 is 0.519 bits per heavy atom. The minimum absolute atomic E-state index is 5.67. The van der Waals surface area contributed by atoms with Crippen molar-refractivity contribution >= 4 is 10.6 Å². The van der Waals surface area contributed by atoms with Gasteiger partial charge in [-0.2, -0.15) is 65.5 Å². The van der Waals surface area contributed by atoms with Crippen LogP contribution in [0.2, 0.25) is 0 Å². The molecule has 0 fully saturated rings. The lowest BCUT2D eigenvalue weighted by molar-refractivity contribution is -0.445. The van der Waals surface area contributed by atoms with Crippen molar-refractivity contribution in [2.45, 2.75) is 42.2 Å². The van der Waals surface area contributed by atoms with E-state index in [9.17, 15) is 73.6 Å². The Balaban J connectivity index is 0. The van der Waals surface area contributed by atoms with Crippen LogP contribution in [0, 0.1) is 0 Å². The average Bonchev–Trinajstić information content (AvgIpc) is 2.33. The first-order valence-corrected chi connectivity index (χ1v) is 6.36. The van der Waals surface area contributed by atoms with Gasteiger partial charge in [0.25, 0.3) is 0 Å². The zero-order valence-electron chi connectivity index (χ0n) is 11.2. The van der Waals surface area contributed by atoms with E-state index in [4.69, 9.17) is 8.42 Å². The minimum atomic E-state index is -8.17. The lowest BCUT2D eigenvalue weighted by Crippen LogP contribution is -2.71. The van der Waals surface area contributed by atoms with Crippen molar-refractivity contribution in [3.8, 4) is 0 Å². The molecule has 0 aromatic heterocycles. The van der Waals surface area contributed by atoms with Gasteiger partial charge in [-0.05, 0) is 0 Å². The lowest BCUT2D eigenvalue weighted by atomic mass is 9.94. The van der Waals surface area contributed by atoms with Gasteiger partial charge in [-0.25, -0.2) is 8.78 Å². The molecule has 166 valence electrons. The van der Waals surface area contributed by atoms with Gasteiger partial charge >= 0.3 is 52.8 Å². The van der Waals surface area contributed by atoms with E-state index in [-0.39, 0.29) is 0 Å². The molecule has 0 aliphatic rings. The van der Waals surface area contributed by atoms with Gasteiger partial charge in [0.15, 0.2) is 0 Å². The first kappa shape index (κ1) is 28.0. The first-order valence-electron chi connectivity index (χ1n) is 5.07. The minimum Gasteiger partial charge on any atom is -0.203 e. The molecule has 0 heterocycles. The zero-order valence-corrected chi connectivity index (χ0v) is 12.0. The lowest BCUT2D eigenvalue weighted by Gasteiger charge is -2.39. The van der Waals surface area contributed by atoms with Gasteiger partial charge < -0.3 is 0 Å². The van der Waals surface area contributed by atoms with Crippen LogP contribution in [0.1, 0.15) is 0 Å². The van der Waals surface area contributed by atoms with Crippen LogP contribution in [-0.4, -0.2) is 50.6 Å². The maximum absolute atomic E-state index is 12.6. The van der Waals surface area contributed by atoms with Crippen LogP contribution >= 0.6 is 0 Å². The standard InChI is InChI=1S/C7HF15.F2O2S/c8-1(9)2(10,11)3(12,13)4(14,15)5(16,17)6(18,19)7(20,21)22;1-5(2,3)4/h1H;. The topological polar surface area (TPSA) is 34.1 Å². The van der Waals surface area contributed by atoms with Crippen LogP contribution in [0.5, 0.6) is 0 Å². The Morgan fingerprint density at radius 3 is 0.926 bits per heavy atom. The van der Waals surface area contributed by atoms with Crippen molar-refractivity contribution in [3.63, 3.8) is 0 Å². The number of rotatable bonds is 5. The number of hydrogen-bond acceptors (Lipinski definition) is 2. The summed E-state index contributed by atoms with van der Waals surface area (Å²) in [4.78, 5) is 0. The summed E-state index contributed by atoms with van der Waals surface area (Å²) in [6, 6.07) is 0. The molecule has 0 saturated heterocycles. The summed E-state index contributed by atoms with van der Waals surface area (Å²) in [5.41, 5.74) is 0. The molecule has 0 atom stereocenters. The molecule has 0 saturated carbocycles. The van der Waals surface area contributed by atoms with Crippen LogP contribution in [0.15, 0.2) is 0 Å². The molecule has 0 amide bonds. The van der Waals surface area contributed by atoms with Gasteiger partial charge in [0.05, 0.1) is 0 Å². The molecule has 0 rings (SSSR count). The van der Waals surface area contributed by atoms with Crippen molar-refractivity contribution in [2.75, 3.05) is 0 Å². The average molecular weight is 472 g/mol. The molecule has 0 spiro atoms. The van der Waals surface area contributed by atoms with Gasteiger partial charge in [-0.3, -0.25) is 0 Å². The fourth-order valence-electron chi connectivity index (χ4n) is 0.919. The Bertz CT molecular complexity index is 593. The predicted octanol–water partition coefficient (Wildman–Crippen LogP) is 5.16. The van der Waals surface area contributed by atoms with Gasteiger partial charge in [-0.15, -0.1) is 0 Å². The van der Waals surface area contributed by atoms with Crippen molar-refractivity contribution in [3.05, 3.63) is 0 Å². The molecular formula is C7HF17O2S. The number of halogens is 17. The van der Waals surface area contributed by atoms with E-state index in [2.05, 4.69) is 0 Å². The zero-order chi connectivity index (χ0) is 23.1. The molecule has 0 aromatic rings. The maximum atomic E-state index is 12.6. The van der Waals surface area contributed by atoms with E-state index in [0.717, 1.165) is 0 Å². The second kappa shape index (κ2) is 7.30. The molecule has 0 unspecified atom stereocenters. The fraction of sp³-hybridized carbons (Fsp3) is 1.00. The second-order valence-electron chi connectivity index (χ2n) is 4.10. The summed E-state index contributed by atoms with van der Waals surface area (Å²) in [7, 11) is -5.67. The van der Waals surface area contributed by atoms with Gasteiger partial charge in [0.2, 0.25) is 0 Å². The van der Waals surface area contributed by atoms with Gasteiger partial charge in [0.1, 0.15) is 0 Å². The maximum Gasteiger partial charge on any atom is 0.476 e. The summed E-state index contributed by atoms with van der Waals surface area (Å²) in [5.74, 6) is -39.5. The van der Waals surface area contributed by atoms with Crippen LogP contribution < -0.4 is 0 Å². The molecule has 0 N–H and O–H groups in total. The summed E-state index contributed by atoms with van der Waals surface area (Å²) in [6.45, 7) is 0. The quantitative estimate of drug-likeness (QED) is 0.410. The summed E-state index contributed by atoms with van der Waals surface area (Å²) < 4.78 is 218. The van der Waals surface area contributed by atoms with Gasteiger partial charge in [0, 0.05) is 0 Å². The number of alkyl halides is 15. The van der Waals surface area contributed by atoms with E-state index in [0.29, 0.717) is 0 Å². The van der Waals surface area contributed by atoms with E-state index >= 15 is 0 Å². The van der Waals surface area contributed by atoms with E-state index < -0.39 is 52.8 Å². The molecule has 2 nitrogen and oxygen atoms in total. The third-order valence-electron chi connectivity index (χ3n) is 2.23. The highest BCUT2D eigenvalue weighted by Gasteiger charge is 2.91. The summed E-state index contributed by atoms with van der Waals surface area (Å²) >= 11 is 0. The van der Waals surface area contributed by atoms with Gasteiger partial charge in [-0.1, -0.05) is 7.77 Å². The molecule has 0 aromatic carbocycles. The van der Waals surface area contributed by atoms with Crippen LogP contribution in [-0.2, 0) is 10.6 Å². The van der Waals surface area contributed by atoms with Crippen LogP contribution in [0.4, 0.5) is 73.6 Å². The molecule has 0 radical (unpaired) electrons.